The van der Waals surface area contributed by atoms with Gasteiger partial charge in [0.15, 0.2) is 5.78 Å². The molecular weight excluding hydrogens is 465 g/mol. The van der Waals surface area contributed by atoms with Crippen LogP contribution in [0.3, 0.4) is 0 Å². The third-order valence-corrected chi connectivity index (χ3v) is 7.67. The van der Waals surface area contributed by atoms with E-state index in [-0.39, 0.29) is 36.8 Å². The number of para-hydroxylation sites is 1. The molecule has 1 aromatic heterocycles. The van der Waals surface area contributed by atoms with Crippen LogP contribution in [0.1, 0.15) is 42.0 Å². The van der Waals surface area contributed by atoms with Gasteiger partial charge in [0.1, 0.15) is 11.7 Å². The Labute approximate surface area is 206 Å². The van der Waals surface area contributed by atoms with Crippen molar-refractivity contribution in [3.05, 3.63) is 99.6 Å². The van der Waals surface area contributed by atoms with Crippen molar-refractivity contribution in [3.63, 3.8) is 0 Å². The number of anilines is 1. The monoisotopic (exact) mass is 489 g/mol. The fourth-order valence-electron chi connectivity index (χ4n) is 5.18. The summed E-state index contributed by atoms with van der Waals surface area (Å²) in [5.74, 6) is -3.79. The van der Waals surface area contributed by atoms with Gasteiger partial charge in [-0.1, -0.05) is 48.5 Å². The SMILES string of the molecule is CCOC(=O)[C@@H]1C(=O)C2=C(C[C@H]1c1cccs1)N(c1ccccc1F)C(=O)C[C@@H]2c1ccccc1. The van der Waals surface area contributed by atoms with Gasteiger partial charge in [0.25, 0.3) is 0 Å². The van der Waals surface area contributed by atoms with Crippen molar-refractivity contribution in [2.75, 3.05) is 11.5 Å². The summed E-state index contributed by atoms with van der Waals surface area (Å²) in [6.45, 7) is 1.87. The van der Waals surface area contributed by atoms with E-state index in [0.717, 1.165) is 10.4 Å². The number of Topliss-reactive ketones (excluding diaryl/α,β-unsaturated/α-hetero) is 1. The Kier molecular flexibility index (Phi) is 6.34. The minimum atomic E-state index is -1.02. The first-order valence-electron chi connectivity index (χ1n) is 11.6. The molecule has 0 bridgehead atoms. The number of benzene rings is 2. The van der Waals surface area contributed by atoms with Gasteiger partial charge in [-0.3, -0.25) is 19.3 Å². The number of ketones is 1. The van der Waals surface area contributed by atoms with Gasteiger partial charge in [-0.2, -0.15) is 0 Å². The molecule has 0 saturated carbocycles. The van der Waals surface area contributed by atoms with Crippen LogP contribution in [0.5, 0.6) is 0 Å². The van der Waals surface area contributed by atoms with Gasteiger partial charge < -0.3 is 4.74 Å². The number of ether oxygens (including phenoxy) is 1. The second kappa shape index (κ2) is 9.58. The second-order valence-corrected chi connectivity index (χ2v) is 9.61. The quantitative estimate of drug-likeness (QED) is 0.346. The van der Waals surface area contributed by atoms with Crippen LogP contribution in [-0.4, -0.2) is 24.3 Å². The molecule has 0 fully saturated rings. The van der Waals surface area contributed by atoms with Gasteiger partial charge >= 0.3 is 5.97 Å². The molecular formula is C28H24FNO4S. The zero-order valence-corrected chi connectivity index (χ0v) is 20.0. The molecule has 7 heteroatoms. The van der Waals surface area contributed by atoms with E-state index in [1.54, 1.807) is 25.1 Å². The molecule has 5 rings (SSSR count). The van der Waals surface area contributed by atoms with E-state index in [1.807, 2.05) is 47.8 Å². The molecule has 5 nitrogen and oxygen atoms in total. The fourth-order valence-corrected chi connectivity index (χ4v) is 6.05. The van der Waals surface area contributed by atoms with E-state index in [0.29, 0.717) is 11.3 Å². The topological polar surface area (TPSA) is 63.7 Å². The molecule has 0 radical (unpaired) electrons. The lowest BCUT2D eigenvalue weighted by molar-refractivity contribution is -0.152. The maximum absolute atomic E-state index is 14.9. The Morgan fingerprint density at radius 2 is 1.77 bits per heavy atom. The first kappa shape index (κ1) is 23.2. The number of esters is 1. The third kappa shape index (κ3) is 4.10. The Bertz CT molecular complexity index is 1300. The van der Waals surface area contributed by atoms with Gasteiger partial charge in [-0.15, -0.1) is 11.3 Å². The van der Waals surface area contributed by atoms with Crippen molar-refractivity contribution in [2.24, 2.45) is 5.92 Å². The lowest BCUT2D eigenvalue weighted by Gasteiger charge is -2.42. The zero-order valence-electron chi connectivity index (χ0n) is 19.1. The third-order valence-electron chi connectivity index (χ3n) is 6.67. The van der Waals surface area contributed by atoms with Gasteiger partial charge in [-0.05, 0) is 42.5 Å². The molecule has 2 aromatic carbocycles. The normalized spacial score (nSPS) is 22.2. The lowest BCUT2D eigenvalue weighted by atomic mass is 9.69. The van der Waals surface area contributed by atoms with Crippen molar-refractivity contribution in [1.29, 1.82) is 0 Å². The molecule has 0 saturated heterocycles. The summed E-state index contributed by atoms with van der Waals surface area (Å²) in [5, 5.41) is 1.89. The molecule has 2 aliphatic rings. The van der Waals surface area contributed by atoms with Crippen LogP contribution in [0.4, 0.5) is 10.1 Å². The molecule has 35 heavy (non-hydrogen) atoms. The maximum atomic E-state index is 14.9. The predicted molar refractivity (Wildman–Crippen MR) is 132 cm³/mol. The Morgan fingerprint density at radius 1 is 1.03 bits per heavy atom. The smallest absolute Gasteiger partial charge is 0.317 e. The molecule has 1 aliphatic heterocycles. The largest absolute Gasteiger partial charge is 0.465 e. The lowest BCUT2D eigenvalue weighted by Crippen LogP contribution is -2.46. The Balaban J connectivity index is 1.73. The molecule has 3 atom stereocenters. The maximum Gasteiger partial charge on any atom is 0.317 e. The Morgan fingerprint density at radius 3 is 2.46 bits per heavy atom. The van der Waals surface area contributed by atoms with E-state index in [1.165, 1.54) is 22.3 Å². The summed E-state index contributed by atoms with van der Waals surface area (Å²) < 4.78 is 20.3. The van der Waals surface area contributed by atoms with E-state index >= 15 is 0 Å². The summed E-state index contributed by atoms with van der Waals surface area (Å²) in [5.41, 5.74) is 1.78. The molecule has 1 amide bonds. The molecule has 1 aliphatic carbocycles. The number of carbonyl (C=O) groups excluding carboxylic acids is 3. The highest BCUT2D eigenvalue weighted by Crippen LogP contribution is 2.50. The summed E-state index contributed by atoms with van der Waals surface area (Å²) in [6, 6.07) is 19.1. The minimum absolute atomic E-state index is 0.00212. The predicted octanol–water partition coefficient (Wildman–Crippen LogP) is 5.60. The minimum Gasteiger partial charge on any atom is -0.465 e. The number of thiophene rings is 1. The summed E-state index contributed by atoms with van der Waals surface area (Å²) in [4.78, 5) is 43.0. The number of rotatable bonds is 5. The van der Waals surface area contributed by atoms with Crippen molar-refractivity contribution >= 4 is 34.7 Å². The molecule has 0 spiro atoms. The van der Waals surface area contributed by atoms with Crippen LogP contribution in [0.2, 0.25) is 0 Å². The van der Waals surface area contributed by atoms with E-state index in [9.17, 15) is 18.8 Å². The second-order valence-electron chi connectivity index (χ2n) is 8.63. The number of nitrogens with zero attached hydrogens (tertiary/aromatic N) is 1. The summed E-state index contributed by atoms with van der Waals surface area (Å²) in [7, 11) is 0. The standard InChI is InChI=1S/C28H24FNO4S/c1-2-34-28(33)26-19(23-13-8-14-35-23)15-22-25(27(26)32)18(17-9-4-3-5-10-17)16-24(31)30(22)21-12-7-6-11-20(21)29/h3-14,18-19,26H,2,15-16H2,1H3/t18-,19+,26+/m1/s1. The van der Waals surface area contributed by atoms with Crippen LogP contribution in [0.25, 0.3) is 0 Å². The Hall–Kier alpha value is -3.58. The number of hydrogen-bond acceptors (Lipinski definition) is 5. The average molecular weight is 490 g/mol. The van der Waals surface area contributed by atoms with Crippen LogP contribution in [0.15, 0.2) is 83.4 Å². The molecule has 2 heterocycles. The van der Waals surface area contributed by atoms with Crippen molar-refractivity contribution in [2.45, 2.75) is 31.6 Å². The van der Waals surface area contributed by atoms with Crippen molar-refractivity contribution < 1.29 is 23.5 Å². The number of hydrogen-bond donors (Lipinski definition) is 0. The fraction of sp³-hybridized carbons (Fsp3) is 0.250. The number of amides is 1. The molecule has 178 valence electrons. The van der Waals surface area contributed by atoms with Crippen LogP contribution < -0.4 is 4.90 Å². The van der Waals surface area contributed by atoms with Crippen LogP contribution in [0, 0.1) is 11.7 Å². The van der Waals surface area contributed by atoms with Crippen LogP contribution >= 0.6 is 11.3 Å². The first-order chi connectivity index (χ1) is 17.0. The molecule has 3 aromatic rings. The van der Waals surface area contributed by atoms with Crippen LogP contribution in [-0.2, 0) is 19.1 Å². The highest BCUT2D eigenvalue weighted by Gasteiger charge is 2.50. The molecule has 0 N–H and O–H groups in total. The van der Waals surface area contributed by atoms with E-state index in [4.69, 9.17) is 4.74 Å². The van der Waals surface area contributed by atoms with Crippen molar-refractivity contribution in [3.8, 4) is 0 Å². The van der Waals surface area contributed by atoms with E-state index < -0.39 is 29.5 Å². The zero-order chi connectivity index (χ0) is 24.5. The average Bonchev–Trinajstić information content (AvgIpc) is 3.40. The van der Waals surface area contributed by atoms with Crippen molar-refractivity contribution in [1.82, 2.24) is 0 Å². The summed E-state index contributed by atoms with van der Waals surface area (Å²) >= 11 is 1.45. The number of carbonyl (C=O) groups is 3. The number of halogens is 1. The van der Waals surface area contributed by atoms with Gasteiger partial charge in [0.2, 0.25) is 5.91 Å². The van der Waals surface area contributed by atoms with Gasteiger partial charge in [-0.25, -0.2) is 4.39 Å². The molecule has 0 unspecified atom stereocenters. The highest BCUT2D eigenvalue weighted by atomic mass is 32.1. The summed E-state index contributed by atoms with van der Waals surface area (Å²) in [6.07, 6.45) is 0.247. The van der Waals surface area contributed by atoms with E-state index in [2.05, 4.69) is 0 Å². The van der Waals surface area contributed by atoms with Gasteiger partial charge in [0, 0.05) is 34.4 Å². The number of allylic oxidation sites excluding steroid dienone is 2. The van der Waals surface area contributed by atoms with Gasteiger partial charge in [0.05, 0.1) is 12.3 Å². The highest BCUT2D eigenvalue weighted by molar-refractivity contribution is 7.10. The first-order valence-corrected chi connectivity index (χ1v) is 12.5.